The topological polar surface area (TPSA) is 59.4 Å². The Labute approximate surface area is 126 Å². The third-order valence-electron chi connectivity index (χ3n) is 4.13. The van der Waals surface area contributed by atoms with E-state index in [1.807, 2.05) is 14.1 Å². The fourth-order valence-corrected chi connectivity index (χ4v) is 2.77. The summed E-state index contributed by atoms with van der Waals surface area (Å²) >= 11 is 0. The predicted octanol–water partition coefficient (Wildman–Crippen LogP) is 0.714. The highest BCUT2D eigenvalue weighted by Crippen LogP contribution is 2.17. The van der Waals surface area contributed by atoms with Crippen molar-refractivity contribution in [2.45, 2.75) is 32.4 Å². The summed E-state index contributed by atoms with van der Waals surface area (Å²) in [7, 11) is 3.91. The molecule has 6 heteroatoms. The lowest BCUT2D eigenvalue weighted by Crippen LogP contribution is -2.41. The molecule has 0 saturated carbocycles. The second kappa shape index (κ2) is 7.56. The van der Waals surface area contributed by atoms with Gasteiger partial charge in [-0.2, -0.15) is 5.10 Å². The highest BCUT2D eigenvalue weighted by Gasteiger charge is 2.25. The van der Waals surface area contributed by atoms with E-state index in [9.17, 15) is 4.79 Å². The summed E-state index contributed by atoms with van der Waals surface area (Å²) in [6.07, 6.45) is 3.86. The number of likely N-dealkylation sites (N-methyl/N-ethyl adjacent to an activating group) is 1. The molecule has 1 aliphatic rings. The Morgan fingerprint density at radius 1 is 1.62 bits per heavy atom. The number of hydrogen-bond acceptors (Lipinski definition) is 5. The number of nitrogens with one attached hydrogen (secondary N) is 1. The number of nitrogens with zero attached hydrogens (tertiary/aromatic N) is 3. The van der Waals surface area contributed by atoms with Crippen LogP contribution in [0.5, 0.6) is 0 Å². The van der Waals surface area contributed by atoms with E-state index in [1.54, 1.807) is 16.9 Å². The molecule has 0 aliphatic carbocycles. The zero-order valence-corrected chi connectivity index (χ0v) is 13.2. The van der Waals surface area contributed by atoms with Crippen LogP contribution in [-0.2, 0) is 11.3 Å². The monoisotopic (exact) mass is 294 g/mol. The van der Waals surface area contributed by atoms with Crippen LogP contribution >= 0.6 is 0 Å². The van der Waals surface area contributed by atoms with E-state index in [-0.39, 0.29) is 11.6 Å². The van der Waals surface area contributed by atoms with Crippen LogP contribution < -0.4 is 15.8 Å². The van der Waals surface area contributed by atoms with Crippen LogP contribution in [0.2, 0.25) is 0 Å². The Kier molecular flexibility index (Phi) is 5.76. The zero-order chi connectivity index (χ0) is 15.2. The van der Waals surface area contributed by atoms with Gasteiger partial charge in [0.2, 0.25) is 0 Å². The summed E-state index contributed by atoms with van der Waals surface area (Å²) in [6.45, 7) is 5.20. The van der Waals surface area contributed by atoms with Gasteiger partial charge in [0.25, 0.3) is 5.56 Å². The molecular formula is C15H26N4O2. The molecule has 118 valence electrons. The van der Waals surface area contributed by atoms with Gasteiger partial charge < -0.3 is 15.0 Å². The van der Waals surface area contributed by atoms with E-state index in [0.717, 1.165) is 38.3 Å². The SMILES string of the molecule is CCCN(C)c1cnn(CC(NC)C2CCOC2)c(=O)c1. The maximum absolute atomic E-state index is 12.2. The lowest BCUT2D eigenvalue weighted by atomic mass is 9.99. The van der Waals surface area contributed by atoms with Gasteiger partial charge in [0, 0.05) is 38.2 Å². The Morgan fingerprint density at radius 3 is 3.00 bits per heavy atom. The molecule has 21 heavy (non-hydrogen) atoms. The summed E-state index contributed by atoms with van der Waals surface area (Å²) in [4.78, 5) is 14.3. The van der Waals surface area contributed by atoms with Gasteiger partial charge in [-0.05, 0) is 19.9 Å². The van der Waals surface area contributed by atoms with Crippen LogP contribution in [-0.4, -0.2) is 49.7 Å². The van der Waals surface area contributed by atoms with Crippen LogP contribution in [0.25, 0.3) is 0 Å². The van der Waals surface area contributed by atoms with Crippen molar-refractivity contribution in [1.29, 1.82) is 0 Å². The number of hydrogen-bond donors (Lipinski definition) is 1. The van der Waals surface area contributed by atoms with Crippen molar-refractivity contribution in [3.05, 3.63) is 22.6 Å². The van der Waals surface area contributed by atoms with Gasteiger partial charge in [0.1, 0.15) is 0 Å². The van der Waals surface area contributed by atoms with Crippen molar-refractivity contribution in [1.82, 2.24) is 15.1 Å². The lowest BCUT2D eigenvalue weighted by molar-refractivity contribution is 0.174. The summed E-state index contributed by atoms with van der Waals surface area (Å²) < 4.78 is 6.98. The van der Waals surface area contributed by atoms with Crippen molar-refractivity contribution >= 4 is 5.69 Å². The van der Waals surface area contributed by atoms with E-state index in [4.69, 9.17) is 4.74 Å². The first-order valence-electron chi connectivity index (χ1n) is 7.69. The van der Waals surface area contributed by atoms with Crippen molar-refractivity contribution in [3.63, 3.8) is 0 Å². The molecule has 0 spiro atoms. The number of anilines is 1. The minimum absolute atomic E-state index is 0.0466. The van der Waals surface area contributed by atoms with Crippen LogP contribution in [0.4, 0.5) is 5.69 Å². The van der Waals surface area contributed by atoms with Crippen LogP contribution in [0.1, 0.15) is 19.8 Å². The molecule has 1 fully saturated rings. The van der Waals surface area contributed by atoms with Crippen LogP contribution in [0.3, 0.4) is 0 Å². The first-order valence-corrected chi connectivity index (χ1v) is 7.69. The molecule has 6 nitrogen and oxygen atoms in total. The number of ether oxygens (including phenoxy) is 1. The average molecular weight is 294 g/mol. The van der Waals surface area contributed by atoms with E-state index < -0.39 is 0 Å². The first kappa shape index (κ1) is 16.0. The van der Waals surface area contributed by atoms with Crippen LogP contribution in [0.15, 0.2) is 17.1 Å². The van der Waals surface area contributed by atoms with Gasteiger partial charge in [0.05, 0.1) is 25.0 Å². The van der Waals surface area contributed by atoms with E-state index in [0.29, 0.717) is 12.5 Å². The maximum Gasteiger partial charge on any atom is 0.268 e. The van der Waals surface area contributed by atoms with Gasteiger partial charge in [-0.1, -0.05) is 6.92 Å². The maximum atomic E-state index is 12.2. The molecule has 2 atom stereocenters. The Hall–Kier alpha value is -1.40. The molecular weight excluding hydrogens is 268 g/mol. The average Bonchev–Trinajstić information content (AvgIpc) is 3.00. The van der Waals surface area contributed by atoms with Gasteiger partial charge in [-0.25, -0.2) is 4.68 Å². The Bertz CT molecular complexity index is 497. The summed E-state index contributed by atoms with van der Waals surface area (Å²) in [5.41, 5.74) is 0.831. The second-order valence-electron chi connectivity index (χ2n) is 5.67. The summed E-state index contributed by atoms with van der Waals surface area (Å²) in [5.74, 6) is 0.450. The normalized spacial score (nSPS) is 19.7. The quantitative estimate of drug-likeness (QED) is 0.803. The van der Waals surface area contributed by atoms with Crippen LogP contribution in [0, 0.1) is 5.92 Å². The molecule has 1 aromatic rings. The van der Waals surface area contributed by atoms with Gasteiger partial charge >= 0.3 is 0 Å². The highest BCUT2D eigenvalue weighted by molar-refractivity contribution is 5.41. The van der Waals surface area contributed by atoms with Crippen molar-refractivity contribution < 1.29 is 4.74 Å². The summed E-state index contributed by atoms with van der Waals surface area (Å²) in [6, 6.07) is 1.89. The molecule has 1 saturated heterocycles. The number of rotatable bonds is 7. The standard InChI is InChI=1S/C15H26N4O2/c1-4-6-18(3)13-8-15(20)19(17-9-13)10-14(16-2)12-5-7-21-11-12/h8-9,12,14,16H,4-7,10-11H2,1-3H3. The van der Waals surface area contributed by atoms with Crippen molar-refractivity contribution in [3.8, 4) is 0 Å². The molecule has 0 bridgehead atoms. The smallest absolute Gasteiger partial charge is 0.268 e. The second-order valence-corrected chi connectivity index (χ2v) is 5.67. The van der Waals surface area contributed by atoms with E-state index in [2.05, 4.69) is 22.2 Å². The molecule has 0 amide bonds. The lowest BCUT2D eigenvalue weighted by Gasteiger charge is -2.23. The number of aromatic nitrogens is 2. The third-order valence-corrected chi connectivity index (χ3v) is 4.13. The van der Waals surface area contributed by atoms with Crippen molar-refractivity contribution in [2.75, 3.05) is 38.8 Å². The Balaban J connectivity index is 2.07. The fourth-order valence-electron chi connectivity index (χ4n) is 2.77. The highest BCUT2D eigenvalue weighted by atomic mass is 16.5. The molecule has 2 rings (SSSR count). The van der Waals surface area contributed by atoms with Gasteiger partial charge in [0.15, 0.2) is 0 Å². The minimum atomic E-state index is -0.0466. The summed E-state index contributed by atoms with van der Waals surface area (Å²) in [5, 5.41) is 7.61. The predicted molar refractivity (Wildman–Crippen MR) is 83.8 cm³/mol. The van der Waals surface area contributed by atoms with Gasteiger partial charge in [-0.3, -0.25) is 4.79 Å². The first-order chi connectivity index (χ1) is 10.2. The molecule has 0 aromatic carbocycles. The van der Waals surface area contributed by atoms with E-state index >= 15 is 0 Å². The largest absolute Gasteiger partial charge is 0.381 e. The molecule has 2 heterocycles. The van der Waals surface area contributed by atoms with E-state index in [1.165, 1.54) is 0 Å². The Morgan fingerprint density at radius 2 is 2.43 bits per heavy atom. The minimum Gasteiger partial charge on any atom is -0.381 e. The van der Waals surface area contributed by atoms with Gasteiger partial charge in [-0.15, -0.1) is 0 Å². The molecule has 1 aliphatic heterocycles. The van der Waals surface area contributed by atoms with Crippen molar-refractivity contribution in [2.24, 2.45) is 5.92 Å². The molecule has 1 aromatic heterocycles. The fraction of sp³-hybridized carbons (Fsp3) is 0.733. The third kappa shape index (κ3) is 4.04. The zero-order valence-electron chi connectivity index (χ0n) is 13.2. The molecule has 1 N–H and O–H groups in total. The molecule has 0 radical (unpaired) electrons. The molecule has 2 unspecified atom stereocenters.